The summed E-state index contributed by atoms with van der Waals surface area (Å²) in [5.74, 6) is -3.75. The van der Waals surface area contributed by atoms with Crippen molar-refractivity contribution in [3.05, 3.63) is 155 Å². The first-order valence-electron chi connectivity index (χ1n) is 15.4. The Labute approximate surface area is 292 Å². The smallest absolute Gasteiger partial charge is 0.338 e. The average molecular weight is 697 g/mol. The summed E-state index contributed by atoms with van der Waals surface area (Å²) in [6.45, 7) is -0.461. The van der Waals surface area contributed by atoms with Crippen LogP contribution in [0.15, 0.2) is 133 Å². The maximum Gasteiger partial charge on any atom is 0.338 e. The number of carbonyl (C=O) groups is 5. The highest BCUT2D eigenvalue weighted by atomic mass is 32.2. The lowest BCUT2D eigenvalue weighted by molar-refractivity contribution is -0.207. The van der Waals surface area contributed by atoms with Crippen molar-refractivity contribution in [1.82, 2.24) is 0 Å². The zero-order chi connectivity index (χ0) is 35.3. The molecule has 0 radical (unpaired) electrons. The van der Waals surface area contributed by atoms with Crippen LogP contribution in [0.3, 0.4) is 0 Å². The van der Waals surface area contributed by atoms with Gasteiger partial charge in [-0.2, -0.15) is 0 Å². The third kappa shape index (κ3) is 9.46. The highest BCUT2D eigenvalue weighted by Gasteiger charge is 2.53. The van der Waals surface area contributed by atoms with Crippen molar-refractivity contribution in [2.24, 2.45) is 0 Å². The lowest BCUT2D eigenvalue weighted by Crippen LogP contribution is -2.61. The molecule has 0 aliphatic carbocycles. The molecule has 256 valence electrons. The molecule has 1 aliphatic rings. The SMILES string of the molecule is COC(=O)/C=C/S[C@@H]1O[C@H](COC(=O)c2ccccc2)[C@@H](OC(=O)c2ccccc2)[C@H](OC(=O)c2ccccc2)[C@H]1OC(=O)c1ccccc1. The molecule has 1 heterocycles. The number of hydrogen-bond acceptors (Lipinski definition) is 12. The van der Waals surface area contributed by atoms with Crippen LogP contribution in [0, 0.1) is 0 Å². The number of carbonyl (C=O) groups excluding carboxylic acids is 5. The van der Waals surface area contributed by atoms with Crippen LogP contribution in [0.5, 0.6) is 0 Å². The van der Waals surface area contributed by atoms with Crippen LogP contribution < -0.4 is 0 Å². The van der Waals surface area contributed by atoms with Crippen molar-refractivity contribution in [3.8, 4) is 0 Å². The molecule has 4 aromatic rings. The zero-order valence-electron chi connectivity index (χ0n) is 26.7. The molecule has 0 saturated carbocycles. The minimum Gasteiger partial charge on any atom is -0.466 e. The summed E-state index contributed by atoms with van der Waals surface area (Å²) in [6.07, 6.45) is -4.51. The largest absolute Gasteiger partial charge is 0.466 e. The lowest BCUT2D eigenvalue weighted by Gasteiger charge is -2.44. The molecule has 4 aromatic carbocycles. The van der Waals surface area contributed by atoms with Crippen molar-refractivity contribution >= 4 is 41.6 Å². The Morgan fingerprint density at radius 1 is 0.580 bits per heavy atom. The van der Waals surface area contributed by atoms with E-state index in [1.165, 1.54) is 48.9 Å². The van der Waals surface area contributed by atoms with Crippen LogP contribution in [0.1, 0.15) is 41.4 Å². The highest BCUT2D eigenvalue weighted by Crippen LogP contribution is 2.36. The van der Waals surface area contributed by atoms with Crippen LogP contribution >= 0.6 is 11.8 Å². The van der Waals surface area contributed by atoms with Gasteiger partial charge >= 0.3 is 29.8 Å². The number of esters is 5. The number of methoxy groups -OCH3 is 1. The fourth-order valence-electron chi connectivity index (χ4n) is 4.88. The summed E-state index contributed by atoms with van der Waals surface area (Å²) in [5, 5.41) is 1.36. The normalized spacial score (nSPS) is 19.9. The van der Waals surface area contributed by atoms with Crippen LogP contribution in [0.4, 0.5) is 0 Å². The van der Waals surface area contributed by atoms with E-state index in [-0.39, 0.29) is 22.3 Å². The summed E-state index contributed by atoms with van der Waals surface area (Å²) in [6, 6.07) is 32.4. The van der Waals surface area contributed by atoms with Gasteiger partial charge in [0.05, 0.1) is 29.4 Å². The van der Waals surface area contributed by atoms with Crippen LogP contribution in [0.25, 0.3) is 0 Å². The average Bonchev–Trinajstić information content (AvgIpc) is 3.17. The molecular weight excluding hydrogens is 664 g/mol. The second-order valence-corrected chi connectivity index (χ2v) is 11.7. The number of ether oxygens (including phenoxy) is 6. The van der Waals surface area contributed by atoms with E-state index in [4.69, 9.17) is 28.4 Å². The molecule has 11 nitrogen and oxygen atoms in total. The minimum absolute atomic E-state index is 0.169. The Morgan fingerprint density at radius 2 is 0.980 bits per heavy atom. The first kappa shape index (κ1) is 35.6. The lowest BCUT2D eigenvalue weighted by atomic mass is 9.98. The van der Waals surface area contributed by atoms with Crippen molar-refractivity contribution in [1.29, 1.82) is 0 Å². The van der Waals surface area contributed by atoms with E-state index in [0.717, 1.165) is 17.8 Å². The summed E-state index contributed by atoms with van der Waals surface area (Å²) in [4.78, 5) is 65.6. The Bertz CT molecular complexity index is 1780. The second kappa shape index (κ2) is 17.6. The van der Waals surface area contributed by atoms with E-state index in [9.17, 15) is 24.0 Å². The van der Waals surface area contributed by atoms with Gasteiger partial charge in [0.1, 0.15) is 18.1 Å². The van der Waals surface area contributed by atoms with E-state index in [1.54, 1.807) is 84.9 Å². The van der Waals surface area contributed by atoms with Gasteiger partial charge in [-0.05, 0) is 53.9 Å². The molecule has 0 spiro atoms. The van der Waals surface area contributed by atoms with Crippen LogP contribution in [0.2, 0.25) is 0 Å². The van der Waals surface area contributed by atoms with Crippen molar-refractivity contribution in [2.75, 3.05) is 13.7 Å². The van der Waals surface area contributed by atoms with Crippen molar-refractivity contribution in [2.45, 2.75) is 29.9 Å². The fraction of sp³-hybridized carbons (Fsp3) is 0.184. The Kier molecular flexibility index (Phi) is 12.5. The molecule has 0 amide bonds. The Balaban J connectivity index is 1.56. The first-order valence-corrected chi connectivity index (χ1v) is 16.3. The zero-order valence-corrected chi connectivity index (χ0v) is 27.5. The molecule has 0 bridgehead atoms. The monoisotopic (exact) mass is 696 g/mol. The quantitative estimate of drug-likeness (QED) is 0.102. The molecule has 0 N–H and O–H groups in total. The highest BCUT2D eigenvalue weighted by molar-refractivity contribution is 8.02. The van der Waals surface area contributed by atoms with E-state index >= 15 is 0 Å². The molecule has 1 aliphatic heterocycles. The van der Waals surface area contributed by atoms with Gasteiger partial charge in [0.2, 0.25) is 0 Å². The molecule has 5 atom stereocenters. The molecule has 1 fully saturated rings. The van der Waals surface area contributed by atoms with Crippen LogP contribution in [-0.4, -0.2) is 73.4 Å². The number of hydrogen-bond donors (Lipinski definition) is 0. The standard InChI is InChI=1S/C38H32O11S/c1-44-30(39)22-23-50-38-33(49-37(43)28-20-12-5-13-21-28)32(48-36(42)27-18-10-4-11-19-27)31(47-35(41)26-16-8-3-9-17-26)29(46-38)24-45-34(40)25-14-6-2-7-15-25/h2-23,29,31-33,38H,24H2,1H3/b23-22+/t29-,31-,32+,33-,38+/m1/s1. The summed E-state index contributed by atoms with van der Waals surface area (Å²) < 4.78 is 34.6. The predicted molar refractivity (Wildman–Crippen MR) is 181 cm³/mol. The van der Waals surface area contributed by atoms with E-state index in [2.05, 4.69) is 0 Å². The summed E-state index contributed by atoms with van der Waals surface area (Å²) in [7, 11) is 1.21. The molecule has 50 heavy (non-hydrogen) atoms. The van der Waals surface area contributed by atoms with Crippen LogP contribution in [-0.2, 0) is 33.2 Å². The van der Waals surface area contributed by atoms with E-state index in [1.807, 2.05) is 0 Å². The Morgan fingerprint density at radius 3 is 1.42 bits per heavy atom. The molecule has 0 unspecified atom stereocenters. The number of benzene rings is 4. The topological polar surface area (TPSA) is 141 Å². The predicted octanol–water partition coefficient (Wildman–Crippen LogP) is 5.67. The fourth-order valence-corrected chi connectivity index (χ4v) is 5.79. The molecule has 1 saturated heterocycles. The van der Waals surface area contributed by atoms with Gasteiger partial charge in [-0.1, -0.05) is 84.6 Å². The Hall–Kier alpha value is -5.72. The van der Waals surface area contributed by atoms with Gasteiger partial charge in [0.15, 0.2) is 18.3 Å². The van der Waals surface area contributed by atoms with E-state index < -0.39 is 66.3 Å². The van der Waals surface area contributed by atoms with E-state index in [0.29, 0.717) is 0 Å². The minimum atomic E-state index is -1.50. The maximum atomic E-state index is 13.6. The van der Waals surface area contributed by atoms with Crippen molar-refractivity contribution in [3.63, 3.8) is 0 Å². The van der Waals surface area contributed by atoms with Gasteiger partial charge in [0.25, 0.3) is 0 Å². The third-order valence-corrected chi connectivity index (χ3v) is 8.30. The van der Waals surface area contributed by atoms with Gasteiger partial charge in [0, 0.05) is 6.08 Å². The first-order chi connectivity index (χ1) is 24.3. The molecule has 5 rings (SSSR count). The van der Waals surface area contributed by atoms with Gasteiger partial charge in [-0.3, -0.25) is 0 Å². The maximum absolute atomic E-state index is 13.6. The summed E-state index contributed by atoms with van der Waals surface area (Å²) in [5.41, 5.74) is -0.386. The molecule has 12 heteroatoms. The third-order valence-electron chi connectivity index (χ3n) is 7.36. The van der Waals surface area contributed by atoms with Gasteiger partial charge < -0.3 is 28.4 Å². The summed E-state index contributed by atoms with van der Waals surface area (Å²) >= 11 is 0.912. The number of rotatable bonds is 12. The number of thioether (sulfide) groups is 1. The molecular formula is C38H32O11S. The molecule has 0 aromatic heterocycles. The van der Waals surface area contributed by atoms with Crippen molar-refractivity contribution < 1.29 is 52.4 Å². The van der Waals surface area contributed by atoms with Gasteiger partial charge in [-0.15, -0.1) is 0 Å². The van der Waals surface area contributed by atoms with Gasteiger partial charge in [-0.25, -0.2) is 24.0 Å². The second-order valence-electron chi connectivity index (χ2n) is 10.7.